The van der Waals surface area contributed by atoms with E-state index in [4.69, 9.17) is 5.73 Å². The van der Waals surface area contributed by atoms with Gasteiger partial charge >= 0.3 is 0 Å². The van der Waals surface area contributed by atoms with Gasteiger partial charge in [-0.25, -0.2) is 0 Å². The van der Waals surface area contributed by atoms with E-state index < -0.39 is 5.91 Å². The van der Waals surface area contributed by atoms with Crippen LogP contribution < -0.4 is 11.1 Å². The molecule has 1 aromatic rings. The maximum absolute atomic E-state index is 10.9. The Labute approximate surface area is 113 Å². The van der Waals surface area contributed by atoms with Crippen LogP contribution in [-0.4, -0.2) is 47.2 Å². The van der Waals surface area contributed by atoms with Gasteiger partial charge in [0.15, 0.2) is 5.69 Å². The summed E-state index contributed by atoms with van der Waals surface area (Å²) in [5.41, 5.74) is 5.30. The molecule has 1 aliphatic heterocycles. The maximum atomic E-state index is 10.9. The van der Waals surface area contributed by atoms with Gasteiger partial charge in [-0.1, -0.05) is 12.8 Å². The Kier molecular flexibility index (Phi) is 5.09. The average molecular weight is 263 g/mol. The molecular weight excluding hydrogens is 242 g/mol. The summed E-state index contributed by atoms with van der Waals surface area (Å²) in [6.07, 6.45) is 5.30. The van der Waals surface area contributed by atoms with Crippen molar-refractivity contribution in [3.63, 3.8) is 0 Å². The molecule has 1 saturated heterocycles. The molecule has 1 fully saturated rings. The number of hydrogen-bond acceptors (Lipinski definition) is 5. The minimum absolute atomic E-state index is 0.193. The zero-order valence-electron chi connectivity index (χ0n) is 11.1. The van der Waals surface area contributed by atoms with Gasteiger partial charge in [-0.2, -0.15) is 0 Å². The summed E-state index contributed by atoms with van der Waals surface area (Å²) in [5.74, 6) is 0.128. The summed E-state index contributed by atoms with van der Waals surface area (Å²) in [4.78, 5) is 13.3. The van der Waals surface area contributed by atoms with Gasteiger partial charge in [0, 0.05) is 13.1 Å². The van der Waals surface area contributed by atoms with Crippen molar-refractivity contribution in [1.29, 1.82) is 0 Å². The van der Waals surface area contributed by atoms with Gasteiger partial charge in [0.1, 0.15) is 5.82 Å². The predicted octanol–water partition coefficient (Wildman–Crippen LogP) is 0.863. The summed E-state index contributed by atoms with van der Waals surface area (Å²) in [5, 5.41) is 10.9. The number of nitrogens with one attached hydrogen (secondary N) is 1. The third-order valence-electron chi connectivity index (χ3n) is 3.35. The SMILES string of the molecule is NC(=O)c1ccc(NCCN2CCCCCC2)nn1. The van der Waals surface area contributed by atoms with Crippen LogP contribution in [0.3, 0.4) is 0 Å². The van der Waals surface area contributed by atoms with Gasteiger partial charge < -0.3 is 16.0 Å². The molecule has 104 valence electrons. The summed E-state index contributed by atoms with van der Waals surface area (Å²) in [7, 11) is 0. The van der Waals surface area contributed by atoms with Gasteiger partial charge in [0.25, 0.3) is 5.91 Å². The van der Waals surface area contributed by atoms with Crippen LogP contribution in [0.4, 0.5) is 5.82 Å². The van der Waals surface area contributed by atoms with Crippen LogP contribution in [0.5, 0.6) is 0 Å². The Bertz CT molecular complexity index is 398. The number of likely N-dealkylation sites (tertiary alicyclic amines) is 1. The van der Waals surface area contributed by atoms with E-state index in [-0.39, 0.29) is 5.69 Å². The number of amides is 1. The summed E-state index contributed by atoms with van der Waals surface area (Å²) in [6.45, 7) is 4.23. The molecule has 0 spiro atoms. The molecule has 0 aromatic carbocycles. The third-order valence-corrected chi connectivity index (χ3v) is 3.35. The molecular formula is C13H21N5O. The fourth-order valence-corrected chi connectivity index (χ4v) is 2.26. The molecule has 0 bridgehead atoms. The second kappa shape index (κ2) is 7.04. The average Bonchev–Trinajstić information content (AvgIpc) is 2.68. The zero-order valence-corrected chi connectivity index (χ0v) is 11.1. The highest BCUT2D eigenvalue weighted by Gasteiger charge is 2.08. The van der Waals surface area contributed by atoms with Gasteiger partial charge in [-0.3, -0.25) is 4.79 Å². The van der Waals surface area contributed by atoms with Crippen LogP contribution in [0.15, 0.2) is 12.1 Å². The van der Waals surface area contributed by atoms with Gasteiger partial charge in [0.2, 0.25) is 0 Å². The third kappa shape index (κ3) is 4.48. The number of aromatic nitrogens is 2. The lowest BCUT2D eigenvalue weighted by Gasteiger charge is -2.19. The molecule has 6 heteroatoms. The zero-order chi connectivity index (χ0) is 13.5. The second-order valence-corrected chi connectivity index (χ2v) is 4.85. The smallest absolute Gasteiger partial charge is 0.269 e. The molecule has 2 heterocycles. The van der Waals surface area contributed by atoms with Crippen molar-refractivity contribution in [1.82, 2.24) is 15.1 Å². The first-order valence-corrected chi connectivity index (χ1v) is 6.85. The lowest BCUT2D eigenvalue weighted by Crippen LogP contribution is -2.30. The first-order valence-electron chi connectivity index (χ1n) is 6.85. The summed E-state index contributed by atoms with van der Waals surface area (Å²) in [6, 6.07) is 3.32. The molecule has 2 rings (SSSR count). The highest BCUT2D eigenvalue weighted by Crippen LogP contribution is 2.09. The maximum Gasteiger partial charge on any atom is 0.269 e. The molecule has 1 amide bonds. The van der Waals surface area contributed by atoms with E-state index in [0.29, 0.717) is 5.82 Å². The van der Waals surface area contributed by atoms with E-state index in [2.05, 4.69) is 20.4 Å². The Hall–Kier alpha value is -1.69. The number of nitrogens with two attached hydrogens (primary N) is 1. The topological polar surface area (TPSA) is 84.1 Å². The number of carbonyl (C=O) groups excluding carboxylic acids is 1. The Morgan fingerprint density at radius 1 is 1.21 bits per heavy atom. The van der Waals surface area contributed by atoms with Crippen molar-refractivity contribution in [2.45, 2.75) is 25.7 Å². The molecule has 0 aliphatic carbocycles. The van der Waals surface area contributed by atoms with Crippen molar-refractivity contribution >= 4 is 11.7 Å². The van der Waals surface area contributed by atoms with Gasteiger partial charge in [-0.15, -0.1) is 10.2 Å². The van der Waals surface area contributed by atoms with Crippen LogP contribution in [0, 0.1) is 0 Å². The fourth-order valence-electron chi connectivity index (χ4n) is 2.26. The highest BCUT2D eigenvalue weighted by atomic mass is 16.1. The van der Waals surface area contributed by atoms with E-state index in [1.807, 2.05) is 0 Å². The normalized spacial score (nSPS) is 16.8. The predicted molar refractivity (Wildman–Crippen MR) is 73.9 cm³/mol. The highest BCUT2D eigenvalue weighted by molar-refractivity contribution is 5.90. The van der Waals surface area contributed by atoms with E-state index in [0.717, 1.165) is 13.1 Å². The lowest BCUT2D eigenvalue weighted by molar-refractivity contribution is 0.0994. The Morgan fingerprint density at radius 2 is 1.95 bits per heavy atom. The van der Waals surface area contributed by atoms with Crippen LogP contribution in [0.25, 0.3) is 0 Å². The van der Waals surface area contributed by atoms with Crippen molar-refractivity contribution in [2.24, 2.45) is 5.73 Å². The standard InChI is InChI=1S/C13H21N5O/c14-13(19)11-5-6-12(17-16-11)15-7-10-18-8-3-1-2-4-9-18/h5-6H,1-4,7-10H2,(H2,14,19)(H,15,17). The number of rotatable bonds is 5. The minimum atomic E-state index is -0.552. The molecule has 6 nitrogen and oxygen atoms in total. The molecule has 0 radical (unpaired) electrons. The van der Waals surface area contributed by atoms with Crippen LogP contribution in [0.2, 0.25) is 0 Å². The molecule has 3 N–H and O–H groups in total. The monoisotopic (exact) mass is 263 g/mol. The van der Waals surface area contributed by atoms with Crippen molar-refractivity contribution in [3.05, 3.63) is 17.8 Å². The van der Waals surface area contributed by atoms with Crippen molar-refractivity contribution in [3.8, 4) is 0 Å². The number of nitrogens with zero attached hydrogens (tertiary/aromatic N) is 3. The van der Waals surface area contributed by atoms with Crippen LogP contribution in [-0.2, 0) is 0 Å². The minimum Gasteiger partial charge on any atom is -0.367 e. The molecule has 0 unspecified atom stereocenters. The van der Waals surface area contributed by atoms with E-state index in [9.17, 15) is 4.79 Å². The summed E-state index contributed by atoms with van der Waals surface area (Å²) >= 11 is 0. The lowest BCUT2D eigenvalue weighted by atomic mass is 10.2. The largest absolute Gasteiger partial charge is 0.367 e. The van der Waals surface area contributed by atoms with E-state index in [1.165, 1.54) is 38.8 Å². The molecule has 0 saturated carbocycles. The van der Waals surface area contributed by atoms with Crippen molar-refractivity contribution < 1.29 is 4.79 Å². The second-order valence-electron chi connectivity index (χ2n) is 4.85. The number of primary amides is 1. The van der Waals surface area contributed by atoms with Crippen LogP contribution in [0.1, 0.15) is 36.2 Å². The molecule has 0 atom stereocenters. The van der Waals surface area contributed by atoms with Gasteiger partial charge in [-0.05, 0) is 38.1 Å². The number of hydrogen-bond donors (Lipinski definition) is 2. The fraction of sp³-hybridized carbons (Fsp3) is 0.615. The van der Waals surface area contributed by atoms with Gasteiger partial charge in [0.05, 0.1) is 0 Å². The van der Waals surface area contributed by atoms with E-state index >= 15 is 0 Å². The van der Waals surface area contributed by atoms with Crippen LogP contribution >= 0.6 is 0 Å². The molecule has 1 aliphatic rings. The molecule has 1 aromatic heterocycles. The van der Waals surface area contributed by atoms with Crippen molar-refractivity contribution in [2.75, 3.05) is 31.5 Å². The molecule has 19 heavy (non-hydrogen) atoms. The Balaban J connectivity index is 1.74. The Morgan fingerprint density at radius 3 is 2.53 bits per heavy atom. The quantitative estimate of drug-likeness (QED) is 0.823. The first-order chi connectivity index (χ1) is 9.25. The number of carbonyl (C=O) groups is 1. The summed E-state index contributed by atoms with van der Waals surface area (Å²) < 4.78 is 0. The number of anilines is 1. The van der Waals surface area contributed by atoms with E-state index in [1.54, 1.807) is 12.1 Å². The first kappa shape index (κ1) is 13.7.